The van der Waals surface area contributed by atoms with Crippen LogP contribution in [0.4, 0.5) is 0 Å². The van der Waals surface area contributed by atoms with Gasteiger partial charge in [0.05, 0.1) is 24.4 Å². The number of rotatable bonds is 5. The smallest absolute Gasteiger partial charge is 0.325 e. The quantitative estimate of drug-likeness (QED) is 0.643. The van der Waals surface area contributed by atoms with Crippen molar-refractivity contribution in [3.05, 3.63) is 53.1 Å². The Hall–Kier alpha value is -2.41. The van der Waals surface area contributed by atoms with Crippen molar-refractivity contribution in [3.8, 4) is 0 Å². The summed E-state index contributed by atoms with van der Waals surface area (Å²) in [6.07, 6.45) is 1.77. The molecule has 1 aliphatic heterocycles. The van der Waals surface area contributed by atoms with Crippen LogP contribution in [0.15, 0.2) is 30.5 Å². The molecule has 0 amide bonds. The van der Waals surface area contributed by atoms with Gasteiger partial charge in [-0.25, -0.2) is 0 Å². The molecule has 0 aromatic carbocycles. The molecule has 1 aliphatic rings. The number of esters is 1. The number of aryl methyl sites for hydroxylation is 1. The van der Waals surface area contributed by atoms with E-state index in [1.165, 1.54) is 0 Å². The maximum Gasteiger partial charge on any atom is 0.325 e. The Labute approximate surface area is 159 Å². The van der Waals surface area contributed by atoms with Crippen molar-refractivity contribution in [3.63, 3.8) is 0 Å². The van der Waals surface area contributed by atoms with Gasteiger partial charge in [-0.3, -0.25) is 9.78 Å². The largest absolute Gasteiger partial charge is 0.465 e. The Kier molecular flexibility index (Phi) is 5.27. The van der Waals surface area contributed by atoms with E-state index in [4.69, 9.17) is 17.0 Å². The number of pyridine rings is 1. The molecule has 6 nitrogen and oxygen atoms in total. The molecule has 3 rings (SSSR count). The molecule has 3 heterocycles. The van der Waals surface area contributed by atoms with Gasteiger partial charge in [0.25, 0.3) is 0 Å². The lowest BCUT2D eigenvalue weighted by molar-refractivity contribution is -0.143. The fourth-order valence-electron chi connectivity index (χ4n) is 3.44. The number of hydrogen-bond donors (Lipinski definition) is 1. The van der Waals surface area contributed by atoms with E-state index in [-0.39, 0.29) is 24.6 Å². The average molecular weight is 372 g/mol. The third kappa shape index (κ3) is 3.31. The summed E-state index contributed by atoms with van der Waals surface area (Å²) >= 11 is 5.55. The number of carbonyl (C=O) groups excluding carboxylic acids is 1. The van der Waals surface area contributed by atoms with Gasteiger partial charge < -0.3 is 19.5 Å². The highest BCUT2D eigenvalue weighted by molar-refractivity contribution is 7.80. The van der Waals surface area contributed by atoms with Crippen molar-refractivity contribution in [2.75, 3.05) is 13.2 Å². The van der Waals surface area contributed by atoms with E-state index >= 15 is 0 Å². The van der Waals surface area contributed by atoms with Gasteiger partial charge in [0.2, 0.25) is 0 Å². The van der Waals surface area contributed by atoms with Crippen LogP contribution in [0, 0.1) is 13.8 Å². The van der Waals surface area contributed by atoms with Crippen molar-refractivity contribution in [1.82, 2.24) is 19.8 Å². The molecule has 1 fully saturated rings. The second-order valence-electron chi connectivity index (χ2n) is 6.45. The highest BCUT2D eigenvalue weighted by Crippen LogP contribution is 2.40. The molecule has 1 saturated heterocycles. The highest BCUT2D eigenvalue weighted by atomic mass is 32.1. The first kappa shape index (κ1) is 18.4. The van der Waals surface area contributed by atoms with E-state index in [0.29, 0.717) is 11.7 Å². The Morgan fingerprint density at radius 2 is 2.15 bits per heavy atom. The van der Waals surface area contributed by atoms with Crippen LogP contribution in [-0.2, 0) is 16.6 Å². The Balaban J connectivity index is 2.04. The molecule has 0 aliphatic carbocycles. The predicted octanol–water partition coefficient (Wildman–Crippen LogP) is 2.57. The van der Waals surface area contributed by atoms with Crippen LogP contribution in [0.5, 0.6) is 0 Å². The van der Waals surface area contributed by atoms with Gasteiger partial charge in [0.15, 0.2) is 5.11 Å². The molecule has 26 heavy (non-hydrogen) atoms. The fraction of sp³-hybridized carbons (Fsp3) is 0.421. The molecule has 7 heteroatoms. The number of nitrogens with one attached hydrogen (secondary N) is 1. The van der Waals surface area contributed by atoms with Gasteiger partial charge in [-0.2, -0.15) is 0 Å². The molecule has 0 bridgehead atoms. The van der Waals surface area contributed by atoms with Crippen LogP contribution in [0.1, 0.15) is 41.7 Å². The molecule has 2 aromatic heterocycles. The standard InChI is InChI=1S/C19H24N4O2S/c1-5-25-16(24)11-23-18(14-10-12(2)22(4)13(14)3)17(21-19(23)26)15-8-6-7-9-20-15/h6-10,17-18H,5,11H2,1-4H3,(H,21,26)/t17-,18+/m1/s1. The number of ether oxygens (including phenoxy) is 1. The van der Waals surface area contributed by atoms with E-state index in [0.717, 1.165) is 22.6 Å². The maximum atomic E-state index is 12.1. The summed E-state index contributed by atoms with van der Waals surface area (Å²) in [4.78, 5) is 18.6. The lowest BCUT2D eigenvalue weighted by Gasteiger charge is -2.27. The molecule has 2 aromatic rings. The summed E-state index contributed by atoms with van der Waals surface area (Å²) in [6.45, 7) is 6.42. The molecular formula is C19H24N4O2S. The normalized spacial score (nSPS) is 19.5. The molecular weight excluding hydrogens is 348 g/mol. The van der Waals surface area contributed by atoms with E-state index < -0.39 is 0 Å². The summed E-state index contributed by atoms with van der Waals surface area (Å²) in [5, 5.41) is 3.89. The first-order valence-corrected chi connectivity index (χ1v) is 9.11. The molecule has 0 saturated carbocycles. The first-order chi connectivity index (χ1) is 12.4. The topological polar surface area (TPSA) is 59.4 Å². The Morgan fingerprint density at radius 3 is 2.73 bits per heavy atom. The number of carbonyl (C=O) groups is 1. The van der Waals surface area contributed by atoms with Crippen molar-refractivity contribution in [2.45, 2.75) is 32.9 Å². The Morgan fingerprint density at radius 1 is 1.38 bits per heavy atom. The lowest BCUT2D eigenvalue weighted by Crippen LogP contribution is -2.35. The van der Waals surface area contributed by atoms with E-state index in [2.05, 4.69) is 34.8 Å². The van der Waals surface area contributed by atoms with Gasteiger partial charge in [-0.1, -0.05) is 6.07 Å². The van der Waals surface area contributed by atoms with Gasteiger partial charge in [0.1, 0.15) is 6.54 Å². The minimum Gasteiger partial charge on any atom is -0.465 e. The first-order valence-electron chi connectivity index (χ1n) is 8.70. The van der Waals surface area contributed by atoms with Crippen LogP contribution >= 0.6 is 12.2 Å². The van der Waals surface area contributed by atoms with Gasteiger partial charge >= 0.3 is 5.97 Å². The summed E-state index contributed by atoms with van der Waals surface area (Å²) in [5.41, 5.74) is 4.34. The molecule has 138 valence electrons. The summed E-state index contributed by atoms with van der Waals surface area (Å²) in [6, 6.07) is 7.73. The number of aromatic nitrogens is 2. The van der Waals surface area contributed by atoms with E-state index in [9.17, 15) is 4.79 Å². The van der Waals surface area contributed by atoms with Crippen LogP contribution in [0.2, 0.25) is 0 Å². The van der Waals surface area contributed by atoms with Crippen LogP contribution in [0.3, 0.4) is 0 Å². The monoisotopic (exact) mass is 372 g/mol. The number of thiocarbonyl (C=S) groups is 1. The summed E-state index contributed by atoms with van der Waals surface area (Å²) in [7, 11) is 2.04. The van der Waals surface area contributed by atoms with Crippen LogP contribution in [0.25, 0.3) is 0 Å². The highest BCUT2D eigenvalue weighted by Gasteiger charge is 2.42. The molecule has 2 atom stereocenters. The van der Waals surface area contributed by atoms with Gasteiger partial charge in [0, 0.05) is 24.6 Å². The average Bonchev–Trinajstić information content (AvgIpc) is 3.07. The minimum absolute atomic E-state index is 0.112. The predicted molar refractivity (Wildman–Crippen MR) is 104 cm³/mol. The van der Waals surface area contributed by atoms with Crippen molar-refractivity contribution in [1.29, 1.82) is 0 Å². The third-order valence-corrected chi connectivity index (χ3v) is 5.29. The van der Waals surface area contributed by atoms with Gasteiger partial charge in [-0.15, -0.1) is 0 Å². The zero-order valence-corrected chi connectivity index (χ0v) is 16.3. The van der Waals surface area contributed by atoms with Crippen molar-refractivity contribution >= 4 is 23.3 Å². The number of hydrogen-bond acceptors (Lipinski definition) is 4. The zero-order valence-electron chi connectivity index (χ0n) is 15.5. The second-order valence-corrected chi connectivity index (χ2v) is 6.83. The summed E-state index contributed by atoms with van der Waals surface area (Å²) in [5.74, 6) is -0.284. The maximum absolute atomic E-state index is 12.1. The minimum atomic E-state index is -0.284. The number of nitrogens with zero attached hydrogens (tertiary/aromatic N) is 3. The SMILES string of the molecule is CCOC(=O)CN1C(=S)N[C@H](c2ccccn2)[C@@H]1c1cc(C)n(C)c1C. The van der Waals surface area contributed by atoms with Crippen molar-refractivity contribution < 1.29 is 9.53 Å². The van der Waals surface area contributed by atoms with E-state index in [1.807, 2.05) is 30.1 Å². The molecule has 0 spiro atoms. The molecule has 1 N–H and O–H groups in total. The molecule has 0 radical (unpaired) electrons. The van der Waals surface area contributed by atoms with Crippen molar-refractivity contribution in [2.24, 2.45) is 7.05 Å². The third-order valence-electron chi connectivity index (χ3n) is 4.94. The van der Waals surface area contributed by atoms with Crippen LogP contribution < -0.4 is 5.32 Å². The zero-order chi connectivity index (χ0) is 18.8. The lowest BCUT2D eigenvalue weighted by atomic mass is 9.97. The van der Waals surface area contributed by atoms with Gasteiger partial charge in [-0.05, 0) is 56.8 Å². The summed E-state index contributed by atoms with van der Waals surface area (Å²) < 4.78 is 7.30. The second kappa shape index (κ2) is 7.45. The van der Waals surface area contributed by atoms with E-state index in [1.54, 1.807) is 13.1 Å². The Bertz CT molecular complexity index is 818. The fourth-order valence-corrected chi connectivity index (χ4v) is 3.75. The molecule has 0 unspecified atom stereocenters. The van der Waals surface area contributed by atoms with Crippen LogP contribution in [-0.4, -0.2) is 38.7 Å².